The fraction of sp³-hybridized carbons (Fsp3) is 0.143. The van der Waals surface area contributed by atoms with E-state index in [1.807, 2.05) is 13.0 Å². The monoisotopic (exact) mass is 321 g/mol. The van der Waals surface area contributed by atoms with Crippen LogP contribution in [-0.4, -0.2) is 20.0 Å². The second-order valence-corrected chi connectivity index (χ2v) is 5.58. The molecule has 0 unspecified atom stereocenters. The normalized spacial score (nSPS) is 11.0. The molecule has 7 heteroatoms. The molecule has 108 valence electrons. The maximum Gasteiger partial charge on any atom is 0.129 e. The fourth-order valence-electron chi connectivity index (χ4n) is 2.25. The molecule has 3 rings (SSSR count). The number of nitrogen functional groups attached to an aromatic ring is 1. The topological polar surface area (TPSA) is 72.5 Å². The zero-order valence-electron chi connectivity index (χ0n) is 11.5. The molecule has 5 nitrogen and oxygen atoms in total. The van der Waals surface area contributed by atoms with Gasteiger partial charge in [-0.05, 0) is 24.6 Å². The molecule has 0 spiro atoms. The Bertz CT molecular complexity index is 819. The third-order valence-electron chi connectivity index (χ3n) is 3.38. The van der Waals surface area contributed by atoms with E-state index in [1.54, 1.807) is 30.1 Å². The first kappa shape index (κ1) is 14.0. The van der Waals surface area contributed by atoms with Crippen molar-refractivity contribution in [3.63, 3.8) is 0 Å². The molecule has 3 N–H and O–H groups in total. The molecule has 21 heavy (non-hydrogen) atoms. The van der Waals surface area contributed by atoms with Crippen LogP contribution < -0.4 is 5.73 Å². The van der Waals surface area contributed by atoms with E-state index in [-0.39, 0.29) is 0 Å². The quantitative estimate of drug-likeness (QED) is 0.756. The molecule has 0 fully saturated rings. The maximum absolute atomic E-state index is 6.17. The average Bonchev–Trinajstić information content (AvgIpc) is 2.98. The Labute approximate surface area is 131 Å². The largest absolute Gasteiger partial charge is 0.383 e. The fourth-order valence-corrected chi connectivity index (χ4v) is 2.55. The van der Waals surface area contributed by atoms with Gasteiger partial charge in [0.2, 0.25) is 0 Å². The molecule has 0 aliphatic rings. The molecule has 3 aromatic rings. The van der Waals surface area contributed by atoms with Crippen LogP contribution >= 0.6 is 23.2 Å². The Kier molecular flexibility index (Phi) is 3.39. The number of nitrogens with zero attached hydrogens (tertiary/aromatic N) is 3. The van der Waals surface area contributed by atoms with E-state index in [2.05, 4.69) is 15.3 Å². The Balaban J connectivity index is 2.27. The van der Waals surface area contributed by atoms with Crippen molar-refractivity contribution < 1.29 is 0 Å². The molecular weight excluding hydrogens is 309 g/mol. The van der Waals surface area contributed by atoms with Crippen LogP contribution in [0.1, 0.15) is 5.69 Å². The van der Waals surface area contributed by atoms with Gasteiger partial charge in [-0.2, -0.15) is 10.2 Å². The van der Waals surface area contributed by atoms with Crippen LogP contribution in [0.15, 0.2) is 24.4 Å². The summed E-state index contributed by atoms with van der Waals surface area (Å²) in [7, 11) is 1.80. The first-order valence-electron chi connectivity index (χ1n) is 6.27. The van der Waals surface area contributed by atoms with Gasteiger partial charge in [-0.25, -0.2) is 0 Å². The number of hydrogen-bond donors (Lipinski definition) is 2. The number of hydrogen-bond acceptors (Lipinski definition) is 3. The number of H-pyrrole nitrogens is 1. The number of aromatic amines is 1. The van der Waals surface area contributed by atoms with Crippen LogP contribution in [-0.2, 0) is 7.05 Å². The van der Waals surface area contributed by atoms with Crippen LogP contribution in [0, 0.1) is 6.92 Å². The van der Waals surface area contributed by atoms with Crippen molar-refractivity contribution in [3.8, 4) is 22.4 Å². The zero-order chi connectivity index (χ0) is 15.1. The van der Waals surface area contributed by atoms with Gasteiger partial charge >= 0.3 is 0 Å². The minimum absolute atomic E-state index is 0.479. The van der Waals surface area contributed by atoms with Crippen LogP contribution in [0.5, 0.6) is 0 Å². The van der Waals surface area contributed by atoms with Gasteiger partial charge in [0.05, 0.1) is 21.8 Å². The molecule has 2 heterocycles. The zero-order valence-corrected chi connectivity index (χ0v) is 13.0. The highest BCUT2D eigenvalue weighted by Gasteiger charge is 2.20. The number of nitrogens with one attached hydrogen (secondary N) is 1. The summed E-state index contributed by atoms with van der Waals surface area (Å²) in [6, 6.07) is 5.41. The highest BCUT2D eigenvalue weighted by molar-refractivity contribution is 6.42. The Morgan fingerprint density at radius 1 is 1.24 bits per heavy atom. The molecule has 0 bridgehead atoms. The van der Waals surface area contributed by atoms with Crippen LogP contribution in [0.4, 0.5) is 5.82 Å². The molecule has 0 aliphatic heterocycles. The average molecular weight is 322 g/mol. The van der Waals surface area contributed by atoms with Gasteiger partial charge in [-0.3, -0.25) is 9.78 Å². The highest BCUT2D eigenvalue weighted by Crippen LogP contribution is 2.38. The molecule has 0 aliphatic carbocycles. The number of aryl methyl sites for hydroxylation is 2. The number of benzene rings is 1. The predicted molar refractivity (Wildman–Crippen MR) is 85.4 cm³/mol. The lowest BCUT2D eigenvalue weighted by atomic mass is 10.0. The summed E-state index contributed by atoms with van der Waals surface area (Å²) in [6.45, 7) is 1.94. The molecular formula is C14H13Cl2N5. The lowest BCUT2D eigenvalue weighted by Gasteiger charge is -2.05. The van der Waals surface area contributed by atoms with Gasteiger partial charge in [0.15, 0.2) is 0 Å². The molecule has 0 radical (unpaired) electrons. The van der Waals surface area contributed by atoms with E-state index in [0.29, 0.717) is 15.9 Å². The Morgan fingerprint density at radius 2 is 2.00 bits per heavy atom. The Hall–Kier alpha value is -1.98. The van der Waals surface area contributed by atoms with E-state index in [1.165, 1.54) is 0 Å². The van der Waals surface area contributed by atoms with Crippen molar-refractivity contribution in [2.24, 2.45) is 7.05 Å². The molecule has 1 aromatic carbocycles. The molecule has 2 aromatic heterocycles. The van der Waals surface area contributed by atoms with Gasteiger partial charge in [0.25, 0.3) is 0 Å². The summed E-state index contributed by atoms with van der Waals surface area (Å²) in [5, 5.41) is 12.4. The third-order valence-corrected chi connectivity index (χ3v) is 4.12. The number of aromatic nitrogens is 4. The maximum atomic E-state index is 6.17. The minimum atomic E-state index is 0.479. The second kappa shape index (κ2) is 5.09. The first-order chi connectivity index (χ1) is 9.99. The van der Waals surface area contributed by atoms with Gasteiger partial charge < -0.3 is 5.73 Å². The van der Waals surface area contributed by atoms with Gasteiger partial charge in [0, 0.05) is 18.3 Å². The van der Waals surface area contributed by atoms with Crippen molar-refractivity contribution >= 4 is 29.0 Å². The van der Waals surface area contributed by atoms with E-state index < -0.39 is 0 Å². The lowest BCUT2D eigenvalue weighted by Crippen LogP contribution is -1.98. The lowest BCUT2D eigenvalue weighted by molar-refractivity contribution is 0.782. The third kappa shape index (κ3) is 2.28. The van der Waals surface area contributed by atoms with Gasteiger partial charge in [-0.15, -0.1) is 0 Å². The van der Waals surface area contributed by atoms with Crippen molar-refractivity contribution in [1.82, 2.24) is 20.0 Å². The van der Waals surface area contributed by atoms with E-state index >= 15 is 0 Å². The van der Waals surface area contributed by atoms with Crippen molar-refractivity contribution in [1.29, 1.82) is 0 Å². The summed E-state index contributed by atoms with van der Waals surface area (Å²) in [5.74, 6) is 0.559. The van der Waals surface area contributed by atoms with E-state index in [9.17, 15) is 0 Å². The van der Waals surface area contributed by atoms with Crippen LogP contribution in [0.2, 0.25) is 10.0 Å². The molecule has 0 amide bonds. The number of anilines is 1. The first-order valence-corrected chi connectivity index (χ1v) is 7.03. The van der Waals surface area contributed by atoms with E-state index in [4.69, 9.17) is 28.9 Å². The van der Waals surface area contributed by atoms with Crippen LogP contribution in [0.3, 0.4) is 0 Å². The summed E-state index contributed by atoms with van der Waals surface area (Å²) in [4.78, 5) is 0. The standard InChI is InChI=1S/C14H13Cl2N5/c1-7-9(6-18-19-7)13-12(14(17)21(2)20-13)8-3-4-10(15)11(16)5-8/h3-6H,17H2,1-2H3,(H,18,19). The Morgan fingerprint density at radius 3 is 2.62 bits per heavy atom. The van der Waals surface area contributed by atoms with Gasteiger partial charge in [-0.1, -0.05) is 29.3 Å². The van der Waals surface area contributed by atoms with Gasteiger partial charge in [0.1, 0.15) is 11.5 Å². The number of rotatable bonds is 2. The summed E-state index contributed by atoms with van der Waals surface area (Å²) in [6.07, 6.45) is 1.73. The van der Waals surface area contributed by atoms with Crippen LogP contribution in [0.25, 0.3) is 22.4 Å². The minimum Gasteiger partial charge on any atom is -0.383 e. The molecule has 0 saturated carbocycles. The summed E-state index contributed by atoms with van der Waals surface area (Å²) in [5.41, 5.74) is 10.5. The number of nitrogens with two attached hydrogens (primary N) is 1. The number of halogens is 2. The van der Waals surface area contributed by atoms with E-state index in [0.717, 1.165) is 28.1 Å². The summed E-state index contributed by atoms with van der Waals surface area (Å²) < 4.78 is 1.64. The second-order valence-electron chi connectivity index (χ2n) is 4.77. The summed E-state index contributed by atoms with van der Waals surface area (Å²) >= 11 is 12.1. The predicted octanol–water partition coefficient (Wildman–Crippen LogP) is 3.67. The van der Waals surface area contributed by atoms with Crippen molar-refractivity contribution in [2.45, 2.75) is 6.92 Å². The highest BCUT2D eigenvalue weighted by atomic mass is 35.5. The smallest absolute Gasteiger partial charge is 0.129 e. The van der Waals surface area contributed by atoms with Crippen molar-refractivity contribution in [3.05, 3.63) is 40.1 Å². The van der Waals surface area contributed by atoms with Crippen molar-refractivity contribution in [2.75, 3.05) is 5.73 Å². The SMILES string of the molecule is Cc1[nH]ncc1-c1nn(C)c(N)c1-c1ccc(Cl)c(Cl)c1. The molecule has 0 saturated heterocycles. The molecule has 0 atom stereocenters.